The van der Waals surface area contributed by atoms with Crippen LogP contribution < -0.4 is 0 Å². The van der Waals surface area contributed by atoms with Crippen LogP contribution in [0.3, 0.4) is 0 Å². The minimum absolute atomic E-state index is 0. The Bertz CT molecular complexity index is 1140. The van der Waals surface area contributed by atoms with Crippen LogP contribution in [0.15, 0.2) is 24.4 Å². The molecule has 0 aromatic rings. The van der Waals surface area contributed by atoms with Gasteiger partial charge in [-0.1, -0.05) is 238 Å². The van der Waals surface area contributed by atoms with Gasteiger partial charge in [0.1, 0.15) is 0 Å². The molecular weight excluding hydrogens is 879 g/mol. The minimum atomic E-state index is -0.861. The van der Waals surface area contributed by atoms with Crippen LogP contribution in [-0.2, 0) is 51.7 Å². The Hall–Kier alpha value is 1.25. The van der Waals surface area contributed by atoms with E-state index < -0.39 is 16.1 Å². The van der Waals surface area contributed by atoms with Crippen molar-refractivity contribution in [2.45, 2.75) is 239 Å². The smallest absolute Gasteiger partial charge is 0 e. The Kier molecular flexibility index (Phi) is 31.9. The molecule has 64 heavy (non-hydrogen) atoms. The van der Waals surface area contributed by atoms with E-state index in [1.54, 1.807) is 0 Å². The molecule has 2 heterocycles. The van der Waals surface area contributed by atoms with Crippen LogP contribution in [0.5, 0.6) is 0 Å². The number of piperidine rings is 1. The number of nitrogens with zero attached hydrogens (tertiary/aromatic N) is 6. The monoisotopic (exact) mass is 981 g/mol. The first-order chi connectivity index (χ1) is 29.1. The van der Waals surface area contributed by atoms with E-state index >= 15 is 0 Å². The zero-order valence-corrected chi connectivity index (χ0v) is 49.9. The Morgan fingerprint density at radius 3 is 1.06 bits per heavy atom. The predicted octanol–water partition coefficient (Wildman–Crippen LogP) is 16.9. The maximum Gasteiger partial charge on any atom is 0 e. The summed E-state index contributed by atoms with van der Waals surface area (Å²) in [6.07, 6.45) is 33.3. The van der Waals surface area contributed by atoms with Gasteiger partial charge < -0.3 is 45.0 Å². The first-order valence-corrected chi connectivity index (χ1v) is 33.6. The fourth-order valence-electron chi connectivity index (χ4n) is 9.73. The van der Waals surface area contributed by atoms with E-state index in [2.05, 4.69) is 106 Å². The van der Waals surface area contributed by atoms with E-state index in [9.17, 15) is 0 Å². The molecule has 6 nitrogen and oxygen atoms in total. The Morgan fingerprint density at radius 2 is 0.797 bits per heavy atom. The van der Waals surface area contributed by atoms with Crippen LogP contribution in [0.1, 0.15) is 164 Å². The quantitative estimate of drug-likeness (QED) is 0.123. The van der Waals surface area contributed by atoms with Crippen molar-refractivity contribution < 1.29 is 51.7 Å². The van der Waals surface area contributed by atoms with Gasteiger partial charge in [0.2, 0.25) is 0 Å². The molecule has 0 aromatic heterocycles. The van der Waals surface area contributed by atoms with Gasteiger partial charge in [-0.25, -0.2) is 0 Å². The Balaban J connectivity index is 0.000000515. The van der Waals surface area contributed by atoms with Crippen LogP contribution in [0.2, 0.25) is 39.3 Å². The molecule has 1 saturated heterocycles. The number of allylic oxidation sites excluding steroid dienone is 2. The third-order valence-corrected chi connectivity index (χ3v) is 14.3. The maximum absolute atomic E-state index is 5.22. The number of rotatable bonds is 14. The summed E-state index contributed by atoms with van der Waals surface area (Å²) in [5, 5.41) is 30.6. The minimum Gasteiger partial charge on any atom is -0.684 e. The van der Waals surface area contributed by atoms with Gasteiger partial charge in [0, 0.05) is 51.7 Å². The van der Waals surface area contributed by atoms with Crippen molar-refractivity contribution >= 4 is 16.1 Å². The van der Waals surface area contributed by atoms with Gasteiger partial charge >= 0.3 is 0 Å². The molecule has 0 bridgehead atoms. The van der Waals surface area contributed by atoms with E-state index in [4.69, 9.17) is 31.9 Å². The summed E-state index contributed by atoms with van der Waals surface area (Å²) in [5.41, 5.74) is 0.180. The maximum atomic E-state index is 5.22. The third-order valence-electron chi connectivity index (χ3n) is 14.3. The average Bonchev–Trinajstić information content (AvgIpc) is 3.23. The van der Waals surface area contributed by atoms with Crippen molar-refractivity contribution in [3.63, 3.8) is 0 Å². The standard InChI is InChI=1S/C23H42N3.C23H38N3.2C4H11Si.2Sc/c2*1-18-7-11-20(12-8-18)25-16-23(3,22-6-4-5-15-24-22)17-26-21-13-9-19(2)10-14-21;2*1-5(2,3)4;;/h18-22H,4-17H2,1-3H3;4-6,15,18-22H,7-14,16-17H2,1-3H3;2*1H2,2-4H3;;/q2*-3;2*-1;;. The summed E-state index contributed by atoms with van der Waals surface area (Å²) in [7, 11) is -1.72. The van der Waals surface area contributed by atoms with Gasteiger partial charge in [0.15, 0.2) is 0 Å². The molecule has 2 unspecified atom stereocenters. The van der Waals surface area contributed by atoms with Crippen molar-refractivity contribution in [2.75, 3.05) is 32.7 Å². The van der Waals surface area contributed by atoms with Crippen LogP contribution >= 0.6 is 0 Å². The molecule has 4 saturated carbocycles. The van der Waals surface area contributed by atoms with E-state index in [1.807, 2.05) is 12.3 Å². The molecule has 0 spiro atoms. The molecule has 4 aliphatic carbocycles. The predicted molar refractivity (Wildman–Crippen MR) is 283 cm³/mol. The molecule has 6 aliphatic rings. The Labute approximate surface area is 440 Å². The molecular formula is C54H102N6Sc2Si2-8. The molecule has 0 N–H and O–H groups in total. The third kappa shape index (κ3) is 28.2. The second kappa shape index (κ2) is 32.3. The first kappa shape index (κ1) is 63.3. The summed E-state index contributed by atoms with van der Waals surface area (Å²) >= 11 is 0. The molecule has 2 radical (unpaired) electrons. The molecule has 10 heteroatoms. The summed E-state index contributed by atoms with van der Waals surface area (Å²) in [6, 6.07) is 3.02. The summed E-state index contributed by atoms with van der Waals surface area (Å²) in [5.74, 6) is 3.59. The van der Waals surface area contributed by atoms with E-state index in [0.717, 1.165) is 56.4 Å². The van der Waals surface area contributed by atoms with Gasteiger partial charge in [-0.05, 0) is 23.7 Å². The van der Waals surface area contributed by atoms with Gasteiger partial charge in [-0.3, -0.25) is 0 Å². The topological polar surface area (TPSA) is 84.6 Å². The van der Waals surface area contributed by atoms with Crippen molar-refractivity contribution in [3.8, 4) is 0 Å². The molecule has 0 aromatic carbocycles. The molecule has 370 valence electrons. The van der Waals surface area contributed by atoms with Crippen molar-refractivity contribution in [3.05, 3.63) is 69.4 Å². The number of hydrogen-bond acceptors (Lipinski definition) is 0. The largest absolute Gasteiger partial charge is 0.684 e. The fraction of sp³-hybridized carbons (Fsp3) is 0.889. The van der Waals surface area contributed by atoms with Crippen molar-refractivity contribution in [1.82, 2.24) is 0 Å². The number of hydrogen-bond donors (Lipinski definition) is 0. The SMILES string of the molecule is CC1CCC([N-]CC(C)(C[N-]C2CCC(C)CC2)C2C=CC=C[N-]2)CC1.CC1CCC([N-]CC(C)(C[N-]C2CCC(C)CC2)C2CCCC[N-]2)CC1.[CH2-][Si](C)(C)C.[CH2-][Si](C)(C)C.[Sc].[Sc]. The van der Waals surface area contributed by atoms with Gasteiger partial charge in [-0.15, -0.1) is 79.1 Å². The second-order valence-corrected chi connectivity index (χ2v) is 34.9. The first-order valence-electron chi connectivity index (χ1n) is 26.2. The van der Waals surface area contributed by atoms with Gasteiger partial charge in [0.25, 0.3) is 0 Å². The zero-order valence-electron chi connectivity index (χ0n) is 44.3. The van der Waals surface area contributed by atoms with Crippen LogP contribution in [0.4, 0.5) is 0 Å². The van der Waals surface area contributed by atoms with Crippen LogP contribution in [-0.4, -0.2) is 85.1 Å². The van der Waals surface area contributed by atoms with E-state index in [-0.39, 0.29) is 68.6 Å². The van der Waals surface area contributed by atoms with Gasteiger partial charge in [-0.2, -0.15) is 6.20 Å². The van der Waals surface area contributed by atoms with E-state index in [0.29, 0.717) is 30.2 Å². The van der Waals surface area contributed by atoms with Crippen LogP contribution in [0.25, 0.3) is 31.9 Å². The summed E-state index contributed by atoms with van der Waals surface area (Å²) < 4.78 is 0. The second-order valence-electron chi connectivity index (χ2n) is 24.7. The van der Waals surface area contributed by atoms with Crippen LogP contribution in [0, 0.1) is 47.6 Å². The Morgan fingerprint density at radius 1 is 0.484 bits per heavy atom. The molecule has 2 atom stereocenters. The van der Waals surface area contributed by atoms with E-state index in [1.165, 1.54) is 122 Å². The van der Waals surface area contributed by atoms with Gasteiger partial charge in [0.05, 0.1) is 0 Å². The molecule has 5 fully saturated rings. The van der Waals surface area contributed by atoms with Crippen molar-refractivity contribution in [1.29, 1.82) is 0 Å². The van der Waals surface area contributed by atoms with Crippen molar-refractivity contribution in [2.24, 2.45) is 34.5 Å². The normalized spacial score (nSPS) is 32.7. The summed E-state index contributed by atoms with van der Waals surface area (Å²) in [4.78, 5) is 0. The fourth-order valence-corrected chi connectivity index (χ4v) is 9.73. The molecule has 6 rings (SSSR count). The summed E-state index contributed by atoms with van der Waals surface area (Å²) in [6.45, 7) is 40.3. The molecule has 2 aliphatic heterocycles. The average molecular weight is 982 g/mol. The zero-order chi connectivity index (χ0) is 45.8. The molecule has 0 amide bonds.